The number of sulfonamides is 1. The number of aromatic nitrogens is 3. The number of rotatable bonds is 5. The summed E-state index contributed by atoms with van der Waals surface area (Å²) in [6, 6.07) is 3.70. The minimum atomic E-state index is -3.87. The first-order valence-electron chi connectivity index (χ1n) is 5.60. The predicted molar refractivity (Wildman–Crippen MR) is 69.7 cm³/mol. The monoisotopic (exact) mass is 297 g/mol. The maximum absolute atomic E-state index is 12.0. The number of nitro groups is 1. The van der Waals surface area contributed by atoms with Crippen molar-refractivity contribution in [3.8, 4) is 0 Å². The predicted octanol–water partition coefficient (Wildman–Crippen LogP) is 1.08. The zero-order valence-corrected chi connectivity index (χ0v) is 11.2. The van der Waals surface area contributed by atoms with Crippen LogP contribution in [0, 0.1) is 10.1 Å². The van der Waals surface area contributed by atoms with Gasteiger partial charge in [-0.2, -0.15) is 5.10 Å². The lowest BCUT2D eigenvalue weighted by Gasteiger charge is -2.03. The number of hydrogen-bond donors (Lipinski definition) is 2. The Bertz CT molecular complexity index is 722. The summed E-state index contributed by atoms with van der Waals surface area (Å²) >= 11 is 0. The number of anilines is 1. The van der Waals surface area contributed by atoms with E-state index in [1.165, 1.54) is 0 Å². The third-order valence-corrected chi connectivity index (χ3v) is 3.81. The largest absolute Gasteiger partial charge is 0.363 e. The highest BCUT2D eigenvalue weighted by Crippen LogP contribution is 2.16. The second kappa shape index (κ2) is 5.25. The van der Waals surface area contributed by atoms with Crippen molar-refractivity contribution in [1.82, 2.24) is 15.2 Å². The fourth-order valence-corrected chi connectivity index (χ4v) is 2.37. The molecule has 0 unspecified atom stereocenters. The SMILES string of the molecule is CCc1cc(NS(=O)(=O)c2ccc([N+](=O)[O-])nc2)n[nH]1. The molecular formula is C10H11N5O4S. The summed E-state index contributed by atoms with van der Waals surface area (Å²) in [6.45, 7) is 1.89. The van der Waals surface area contributed by atoms with Crippen molar-refractivity contribution in [1.29, 1.82) is 0 Å². The fourth-order valence-electron chi connectivity index (χ4n) is 1.43. The van der Waals surface area contributed by atoms with Crippen molar-refractivity contribution in [3.63, 3.8) is 0 Å². The van der Waals surface area contributed by atoms with E-state index in [9.17, 15) is 18.5 Å². The molecule has 0 aliphatic rings. The molecule has 2 heterocycles. The van der Waals surface area contributed by atoms with Gasteiger partial charge >= 0.3 is 5.82 Å². The van der Waals surface area contributed by atoms with E-state index in [0.29, 0.717) is 6.42 Å². The Morgan fingerprint density at radius 3 is 2.70 bits per heavy atom. The summed E-state index contributed by atoms with van der Waals surface area (Å²) in [7, 11) is -3.87. The van der Waals surface area contributed by atoms with Crippen molar-refractivity contribution < 1.29 is 13.3 Å². The van der Waals surface area contributed by atoms with Crippen LogP contribution in [0.1, 0.15) is 12.6 Å². The van der Waals surface area contributed by atoms with Gasteiger partial charge in [0.05, 0.1) is 0 Å². The highest BCUT2D eigenvalue weighted by Gasteiger charge is 2.19. The smallest absolute Gasteiger partial charge is 0.358 e. The average Bonchev–Trinajstić information content (AvgIpc) is 2.85. The van der Waals surface area contributed by atoms with Crippen LogP contribution < -0.4 is 4.72 Å². The Hall–Kier alpha value is -2.49. The quantitative estimate of drug-likeness (QED) is 0.627. The highest BCUT2D eigenvalue weighted by molar-refractivity contribution is 7.92. The molecule has 20 heavy (non-hydrogen) atoms. The highest BCUT2D eigenvalue weighted by atomic mass is 32.2. The third kappa shape index (κ3) is 2.91. The van der Waals surface area contributed by atoms with Crippen molar-refractivity contribution in [2.45, 2.75) is 18.2 Å². The molecule has 0 bridgehead atoms. The summed E-state index contributed by atoms with van der Waals surface area (Å²) in [5.74, 6) is -0.266. The van der Waals surface area contributed by atoms with Crippen LogP contribution >= 0.6 is 0 Å². The van der Waals surface area contributed by atoms with Gasteiger partial charge in [0.2, 0.25) is 0 Å². The van der Waals surface area contributed by atoms with Gasteiger partial charge in [-0.25, -0.2) is 8.42 Å². The number of nitrogens with zero attached hydrogens (tertiary/aromatic N) is 3. The van der Waals surface area contributed by atoms with Crippen molar-refractivity contribution >= 4 is 21.7 Å². The van der Waals surface area contributed by atoms with Gasteiger partial charge in [0.15, 0.2) is 12.0 Å². The van der Waals surface area contributed by atoms with E-state index in [1.807, 2.05) is 6.92 Å². The van der Waals surface area contributed by atoms with Crippen LogP contribution in [0.15, 0.2) is 29.3 Å². The molecule has 0 aliphatic heterocycles. The first kappa shape index (κ1) is 13.9. The number of aromatic amines is 1. The molecule has 0 aliphatic carbocycles. The lowest BCUT2D eigenvalue weighted by atomic mass is 10.3. The molecule has 0 aromatic carbocycles. The molecule has 0 spiro atoms. The second-order valence-corrected chi connectivity index (χ2v) is 5.53. The van der Waals surface area contributed by atoms with Crippen LogP contribution in [0.3, 0.4) is 0 Å². The van der Waals surface area contributed by atoms with Crippen molar-refractivity contribution in [3.05, 3.63) is 40.2 Å². The van der Waals surface area contributed by atoms with Gasteiger partial charge in [-0.3, -0.25) is 9.82 Å². The molecule has 0 fully saturated rings. The normalized spacial score (nSPS) is 11.2. The first-order valence-corrected chi connectivity index (χ1v) is 7.08. The van der Waals surface area contributed by atoms with Crippen LogP contribution in [-0.2, 0) is 16.4 Å². The van der Waals surface area contributed by atoms with Gasteiger partial charge in [0, 0.05) is 17.8 Å². The van der Waals surface area contributed by atoms with Gasteiger partial charge in [-0.1, -0.05) is 6.92 Å². The lowest BCUT2D eigenvalue weighted by Crippen LogP contribution is -2.13. The first-order chi connectivity index (χ1) is 9.42. The Labute approximate surface area is 114 Å². The van der Waals surface area contributed by atoms with E-state index in [2.05, 4.69) is 19.9 Å². The molecule has 9 nitrogen and oxygen atoms in total. The van der Waals surface area contributed by atoms with Crippen LogP contribution in [0.4, 0.5) is 11.6 Å². The van der Waals surface area contributed by atoms with E-state index in [4.69, 9.17) is 0 Å². The third-order valence-electron chi connectivity index (χ3n) is 2.47. The van der Waals surface area contributed by atoms with E-state index in [1.54, 1.807) is 6.07 Å². The molecule has 0 radical (unpaired) electrons. The summed E-state index contributed by atoms with van der Waals surface area (Å²) in [5, 5.41) is 16.9. The minimum absolute atomic E-state index is 0.153. The van der Waals surface area contributed by atoms with E-state index in [0.717, 1.165) is 24.0 Å². The van der Waals surface area contributed by atoms with Crippen LogP contribution in [0.5, 0.6) is 0 Å². The molecular weight excluding hydrogens is 286 g/mol. The summed E-state index contributed by atoms with van der Waals surface area (Å²) in [5.41, 5.74) is 0.782. The van der Waals surface area contributed by atoms with Crippen molar-refractivity contribution in [2.75, 3.05) is 4.72 Å². The standard InChI is InChI=1S/C10H11N5O4S/c1-2-7-5-9(13-12-7)14-20(18,19)8-3-4-10(11-6-8)15(16)17/h3-6H,2H2,1H3,(H2,12,13,14). The van der Waals surface area contributed by atoms with E-state index >= 15 is 0 Å². The van der Waals surface area contributed by atoms with Gasteiger partial charge in [-0.05, 0) is 22.4 Å². The summed E-state index contributed by atoms with van der Waals surface area (Å²) < 4.78 is 26.3. The number of pyridine rings is 1. The topological polar surface area (TPSA) is 131 Å². The zero-order chi connectivity index (χ0) is 14.8. The number of nitrogens with one attached hydrogen (secondary N) is 2. The molecule has 0 saturated heterocycles. The van der Waals surface area contributed by atoms with Gasteiger partial charge in [-0.15, -0.1) is 0 Å². The average molecular weight is 297 g/mol. The Morgan fingerprint density at radius 2 is 2.20 bits per heavy atom. The Kier molecular flexibility index (Phi) is 3.66. The Morgan fingerprint density at radius 1 is 1.45 bits per heavy atom. The molecule has 0 amide bonds. The van der Waals surface area contributed by atoms with Gasteiger partial charge in [0.1, 0.15) is 4.90 Å². The molecule has 10 heteroatoms. The molecule has 2 N–H and O–H groups in total. The molecule has 0 saturated carbocycles. The lowest BCUT2D eigenvalue weighted by molar-refractivity contribution is -0.389. The molecule has 2 aromatic heterocycles. The molecule has 2 aromatic rings. The van der Waals surface area contributed by atoms with Gasteiger partial charge in [0.25, 0.3) is 10.0 Å². The van der Waals surface area contributed by atoms with Crippen molar-refractivity contribution in [2.24, 2.45) is 0 Å². The number of aryl methyl sites for hydroxylation is 1. The molecule has 0 atom stereocenters. The zero-order valence-electron chi connectivity index (χ0n) is 10.4. The van der Waals surface area contributed by atoms with E-state index < -0.39 is 20.8 Å². The fraction of sp³-hybridized carbons (Fsp3) is 0.200. The number of H-pyrrole nitrogens is 1. The Balaban J connectivity index is 2.23. The maximum Gasteiger partial charge on any atom is 0.363 e. The molecule has 2 rings (SSSR count). The summed E-state index contributed by atoms with van der Waals surface area (Å²) in [4.78, 5) is 13.0. The maximum atomic E-state index is 12.0. The van der Waals surface area contributed by atoms with Crippen LogP contribution in [0.2, 0.25) is 0 Å². The van der Waals surface area contributed by atoms with E-state index in [-0.39, 0.29) is 10.7 Å². The summed E-state index contributed by atoms with van der Waals surface area (Å²) in [6.07, 6.45) is 1.61. The molecule has 106 valence electrons. The van der Waals surface area contributed by atoms with Crippen LogP contribution in [0.25, 0.3) is 0 Å². The minimum Gasteiger partial charge on any atom is -0.358 e. The second-order valence-electron chi connectivity index (χ2n) is 3.85. The van der Waals surface area contributed by atoms with Gasteiger partial charge < -0.3 is 10.1 Å². The van der Waals surface area contributed by atoms with Crippen LogP contribution in [-0.4, -0.2) is 28.5 Å². The number of hydrogen-bond acceptors (Lipinski definition) is 6.